The van der Waals surface area contributed by atoms with Crippen molar-refractivity contribution in [3.63, 3.8) is 0 Å². The van der Waals surface area contributed by atoms with Crippen LogP contribution in [0, 0.1) is 5.82 Å². The van der Waals surface area contributed by atoms with E-state index >= 15 is 0 Å². The van der Waals surface area contributed by atoms with Gasteiger partial charge in [0.1, 0.15) is 5.82 Å². The van der Waals surface area contributed by atoms with E-state index in [-0.39, 0.29) is 36.6 Å². The fourth-order valence-electron chi connectivity index (χ4n) is 3.72. The van der Waals surface area contributed by atoms with Gasteiger partial charge in [-0.2, -0.15) is 0 Å². The third-order valence-corrected chi connectivity index (χ3v) is 6.40. The first-order valence-electron chi connectivity index (χ1n) is 10.7. The zero-order valence-corrected chi connectivity index (χ0v) is 18.4. The summed E-state index contributed by atoms with van der Waals surface area (Å²) < 4.78 is 26.1. The maximum atomic E-state index is 13.1. The first kappa shape index (κ1) is 22.5. The molecule has 0 unspecified atom stereocenters. The van der Waals surface area contributed by atoms with Crippen LogP contribution < -0.4 is 5.32 Å². The number of halogens is 1. The van der Waals surface area contributed by atoms with Gasteiger partial charge in [0.05, 0.1) is 6.61 Å². The summed E-state index contributed by atoms with van der Waals surface area (Å²) >= 11 is 1.68. The third kappa shape index (κ3) is 5.54. The molecule has 0 spiro atoms. The van der Waals surface area contributed by atoms with Gasteiger partial charge in [-0.25, -0.2) is 4.39 Å². The van der Waals surface area contributed by atoms with E-state index in [2.05, 4.69) is 22.8 Å². The molecule has 2 heterocycles. The number of thiophene rings is 1. The van der Waals surface area contributed by atoms with Gasteiger partial charge in [0, 0.05) is 30.2 Å². The van der Waals surface area contributed by atoms with Gasteiger partial charge in [-0.1, -0.05) is 30.3 Å². The van der Waals surface area contributed by atoms with Crippen LogP contribution in [-0.4, -0.2) is 30.5 Å². The molecule has 2 aromatic carbocycles. The summed E-state index contributed by atoms with van der Waals surface area (Å²) in [6.45, 7) is 0.843. The van der Waals surface area contributed by atoms with Crippen molar-refractivity contribution in [1.82, 2.24) is 5.32 Å². The Hall–Kier alpha value is -2.74. The number of hydrogen-bond acceptors (Lipinski definition) is 5. The normalized spacial score (nSPS) is 18.2. The van der Waals surface area contributed by atoms with Gasteiger partial charge >= 0.3 is 0 Å². The first-order chi connectivity index (χ1) is 15.6. The van der Waals surface area contributed by atoms with Crippen LogP contribution >= 0.6 is 11.3 Å². The van der Waals surface area contributed by atoms with E-state index in [9.17, 15) is 9.18 Å². The lowest BCUT2D eigenvalue weighted by Gasteiger charge is -2.29. The van der Waals surface area contributed by atoms with Gasteiger partial charge in [0.25, 0.3) is 5.91 Å². The Morgan fingerprint density at radius 2 is 2.00 bits per heavy atom. The summed E-state index contributed by atoms with van der Waals surface area (Å²) in [6, 6.07) is 14.2. The molecule has 168 valence electrons. The molecule has 4 rings (SSSR count). The van der Waals surface area contributed by atoms with Gasteiger partial charge in [-0.15, -0.1) is 11.3 Å². The van der Waals surface area contributed by atoms with E-state index < -0.39 is 6.29 Å². The second-order valence-electron chi connectivity index (χ2n) is 7.72. The predicted octanol–water partition coefficient (Wildman–Crippen LogP) is 4.86. The van der Waals surface area contributed by atoms with Gasteiger partial charge in [-0.3, -0.25) is 4.79 Å². The summed E-state index contributed by atoms with van der Waals surface area (Å²) in [5.41, 5.74) is 1.95. The van der Waals surface area contributed by atoms with Crippen molar-refractivity contribution in [2.45, 2.75) is 38.0 Å². The number of ether oxygens (including phenoxy) is 2. The summed E-state index contributed by atoms with van der Waals surface area (Å²) in [5.74, 6) is -0.437. The fraction of sp³-hybridized carbons (Fsp3) is 0.320. The van der Waals surface area contributed by atoms with Gasteiger partial charge in [0.15, 0.2) is 5.76 Å². The Morgan fingerprint density at radius 3 is 2.81 bits per heavy atom. The first-order valence-corrected chi connectivity index (χ1v) is 11.6. The number of nitrogens with one attached hydrogen (secondary N) is 1. The average molecular weight is 456 g/mol. The Balaban J connectivity index is 1.51. The molecular formula is C25H26FNO4S. The molecule has 5 nitrogen and oxygen atoms in total. The molecular weight excluding hydrogens is 429 g/mol. The minimum atomic E-state index is -0.547. The molecule has 3 aromatic rings. The maximum absolute atomic E-state index is 13.1. The Kier molecular flexibility index (Phi) is 7.52. The molecule has 1 amide bonds. The standard InChI is InChI=1S/C25H26FNO4S/c26-19-9-7-17(8-10-19)15-27-25(29)22-13-18(14-24(31-22)30-12-4-3-11-28)21-16-32-23-6-2-1-5-20(21)23/h1-2,5-10,13,16,18,24,28H,3-4,11-12,14-15H2,(H,27,29)/t18-,24+/m0/s1. The van der Waals surface area contributed by atoms with E-state index in [1.54, 1.807) is 23.5 Å². The average Bonchev–Trinajstić information content (AvgIpc) is 3.25. The smallest absolute Gasteiger partial charge is 0.286 e. The highest BCUT2D eigenvalue weighted by Crippen LogP contribution is 2.38. The number of carbonyl (C=O) groups is 1. The van der Waals surface area contributed by atoms with Crippen LogP contribution in [0.5, 0.6) is 0 Å². The van der Waals surface area contributed by atoms with Crippen LogP contribution in [0.2, 0.25) is 0 Å². The molecule has 7 heteroatoms. The van der Waals surface area contributed by atoms with Crippen LogP contribution in [0.25, 0.3) is 10.1 Å². The molecule has 1 aliphatic rings. The molecule has 2 atom stereocenters. The molecule has 2 N–H and O–H groups in total. The summed E-state index contributed by atoms with van der Waals surface area (Å²) in [4.78, 5) is 12.9. The Labute approximate surface area is 190 Å². The van der Waals surface area contributed by atoms with Crippen LogP contribution in [0.15, 0.2) is 65.7 Å². The lowest BCUT2D eigenvalue weighted by molar-refractivity contribution is -0.146. The molecule has 1 aromatic heterocycles. The quantitative estimate of drug-likeness (QED) is 0.452. The number of unbranched alkanes of at least 4 members (excludes halogenated alkanes) is 1. The maximum Gasteiger partial charge on any atom is 0.286 e. The van der Waals surface area contributed by atoms with E-state index in [4.69, 9.17) is 14.6 Å². The number of aliphatic hydroxyl groups is 1. The lowest BCUT2D eigenvalue weighted by Crippen LogP contribution is -2.32. The zero-order chi connectivity index (χ0) is 22.3. The minimum absolute atomic E-state index is 0.0192. The number of benzene rings is 2. The summed E-state index contributed by atoms with van der Waals surface area (Å²) in [5, 5.41) is 15.1. The van der Waals surface area contributed by atoms with Crippen molar-refractivity contribution in [2.75, 3.05) is 13.2 Å². The number of carbonyl (C=O) groups excluding carboxylic acids is 1. The largest absolute Gasteiger partial charge is 0.459 e. The molecule has 0 fully saturated rings. The van der Waals surface area contributed by atoms with Gasteiger partial charge in [-0.05, 0) is 59.0 Å². The SMILES string of the molecule is O=C(NCc1ccc(F)cc1)C1=C[C@H](c2csc3ccccc23)C[C@H](OCCCCO)O1. The molecule has 32 heavy (non-hydrogen) atoms. The number of allylic oxidation sites excluding steroid dienone is 1. The Bertz CT molecular complexity index is 1080. The predicted molar refractivity (Wildman–Crippen MR) is 123 cm³/mol. The van der Waals surface area contributed by atoms with Crippen molar-refractivity contribution in [1.29, 1.82) is 0 Å². The number of aliphatic hydroxyl groups excluding tert-OH is 1. The number of hydrogen-bond donors (Lipinski definition) is 2. The van der Waals surface area contributed by atoms with E-state index in [1.807, 2.05) is 18.2 Å². The Morgan fingerprint density at radius 1 is 1.19 bits per heavy atom. The zero-order valence-electron chi connectivity index (χ0n) is 17.6. The van der Waals surface area contributed by atoms with Gasteiger partial charge < -0.3 is 19.9 Å². The molecule has 1 aliphatic heterocycles. The second-order valence-corrected chi connectivity index (χ2v) is 8.63. The van der Waals surface area contributed by atoms with E-state index in [1.165, 1.54) is 22.2 Å². The topological polar surface area (TPSA) is 67.8 Å². The summed E-state index contributed by atoms with van der Waals surface area (Å²) in [6.07, 6.45) is 3.30. The van der Waals surface area contributed by atoms with Crippen molar-refractivity contribution < 1.29 is 23.8 Å². The minimum Gasteiger partial charge on any atom is -0.459 e. The number of rotatable bonds is 9. The highest BCUT2D eigenvalue weighted by atomic mass is 32.1. The molecule has 0 bridgehead atoms. The monoisotopic (exact) mass is 455 g/mol. The van der Waals surface area contributed by atoms with E-state index in [0.29, 0.717) is 19.4 Å². The molecule has 0 radical (unpaired) electrons. The lowest BCUT2D eigenvalue weighted by atomic mass is 9.92. The van der Waals surface area contributed by atoms with Crippen LogP contribution in [0.1, 0.15) is 36.3 Å². The number of fused-ring (bicyclic) bond motifs is 1. The highest BCUT2D eigenvalue weighted by molar-refractivity contribution is 7.17. The summed E-state index contributed by atoms with van der Waals surface area (Å²) in [7, 11) is 0. The fourth-order valence-corrected chi connectivity index (χ4v) is 4.75. The third-order valence-electron chi connectivity index (χ3n) is 5.41. The molecule has 0 saturated heterocycles. The second kappa shape index (κ2) is 10.7. The van der Waals surface area contributed by atoms with E-state index in [0.717, 1.165) is 17.5 Å². The molecule has 0 saturated carbocycles. The van der Waals surface area contributed by atoms with Crippen LogP contribution in [-0.2, 0) is 20.8 Å². The number of amides is 1. The van der Waals surface area contributed by atoms with Crippen molar-refractivity contribution in [2.24, 2.45) is 0 Å². The van der Waals surface area contributed by atoms with Crippen molar-refractivity contribution in [3.05, 3.63) is 82.7 Å². The van der Waals surface area contributed by atoms with Crippen molar-refractivity contribution >= 4 is 27.3 Å². The van der Waals surface area contributed by atoms with Crippen molar-refractivity contribution in [3.8, 4) is 0 Å². The van der Waals surface area contributed by atoms with Crippen LogP contribution in [0.4, 0.5) is 4.39 Å². The molecule has 0 aliphatic carbocycles. The van der Waals surface area contributed by atoms with Crippen LogP contribution in [0.3, 0.4) is 0 Å². The highest BCUT2D eigenvalue weighted by Gasteiger charge is 2.29. The van der Waals surface area contributed by atoms with Gasteiger partial charge in [0.2, 0.25) is 6.29 Å².